The molecule has 12 N–H and O–H groups in total. The van der Waals surface area contributed by atoms with E-state index in [1.807, 2.05) is 76.2 Å². The van der Waals surface area contributed by atoms with Crippen LogP contribution >= 0.6 is 0 Å². The molecule has 16 nitrogen and oxygen atoms in total. The third-order valence-electron chi connectivity index (χ3n) is 11.3. The molecule has 1 fully saturated rings. The number of carbonyl (C=O) groups is 6. The molecule has 16 heteroatoms. The average molecular weight is 855 g/mol. The smallest absolute Gasteiger partial charge is 0.243 e. The van der Waals surface area contributed by atoms with Crippen LogP contribution in [0.4, 0.5) is 0 Å². The van der Waals surface area contributed by atoms with Crippen LogP contribution in [0.5, 0.6) is 0 Å². The lowest BCUT2D eigenvalue weighted by Gasteiger charge is -2.30. The van der Waals surface area contributed by atoms with Gasteiger partial charge in [0.2, 0.25) is 35.4 Å². The molecule has 1 aliphatic rings. The Kier molecular flexibility index (Phi) is 17.5. The van der Waals surface area contributed by atoms with Gasteiger partial charge in [0.25, 0.3) is 0 Å². The number of aromatic amines is 2. The summed E-state index contributed by atoms with van der Waals surface area (Å²) in [5, 5.41) is 19.1. The summed E-state index contributed by atoms with van der Waals surface area (Å²) in [4.78, 5) is 92.8. The van der Waals surface area contributed by atoms with E-state index in [9.17, 15) is 28.8 Å². The third-order valence-corrected chi connectivity index (χ3v) is 11.3. The SMILES string of the molecule is CC(C)C[C@@H]1NC(=O)[C@H](CCCCN)NC(=O)[C@H](CCCCN)NC(=O)[C@H](Cc2c[nH]c3ccccc23)NC(=O)[C@H](Cc2c[nH]c3ccccc23)NC(=O)[C@H](CC(C)C)NC1=O. The normalized spacial score (nSPS) is 22.5. The van der Waals surface area contributed by atoms with Gasteiger partial charge in [-0.05, 0) is 99.6 Å². The van der Waals surface area contributed by atoms with E-state index in [1.54, 1.807) is 12.4 Å². The van der Waals surface area contributed by atoms with Crippen LogP contribution in [-0.4, -0.2) is 94.8 Å². The van der Waals surface area contributed by atoms with Gasteiger partial charge < -0.3 is 53.3 Å². The van der Waals surface area contributed by atoms with Gasteiger partial charge in [-0.25, -0.2) is 0 Å². The zero-order valence-electron chi connectivity index (χ0n) is 36.5. The van der Waals surface area contributed by atoms with Gasteiger partial charge in [-0.15, -0.1) is 0 Å². The molecule has 0 spiro atoms. The van der Waals surface area contributed by atoms with Gasteiger partial charge >= 0.3 is 0 Å². The molecule has 1 saturated heterocycles. The highest BCUT2D eigenvalue weighted by Gasteiger charge is 2.36. The molecular weight excluding hydrogens is 789 g/mol. The third kappa shape index (κ3) is 13.1. The summed E-state index contributed by atoms with van der Waals surface area (Å²) in [5.74, 6) is -3.65. The Balaban J connectivity index is 1.59. The molecule has 4 aromatic rings. The first-order valence-corrected chi connectivity index (χ1v) is 22.1. The molecule has 0 aliphatic carbocycles. The molecule has 0 saturated carbocycles. The minimum atomic E-state index is -1.21. The van der Waals surface area contributed by atoms with Gasteiger partial charge in [0, 0.05) is 47.0 Å². The number of benzene rings is 2. The first-order chi connectivity index (χ1) is 29.8. The van der Waals surface area contributed by atoms with Crippen LogP contribution in [-0.2, 0) is 41.6 Å². The van der Waals surface area contributed by atoms with Crippen molar-refractivity contribution in [1.82, 2.24) is 41.9 Å². The second kappa shape index (κ2) is 22.9. The Morgan fingerprint density at radius 2 is 0.774 bits per heavy atom. The van der Waals surface area contributed by atoms with Crippen molar-refractivity contribution in [3.63, 3.8) is 0 Å². The first-order valence-electron chi connectivity index (χ1n) is 22.1. The van der Waals surface area contributed by atoms with E-state index in [0.29, 0.717) is 38.8 Å². The quantitative estimate of drug-likeness (QED) is 0.0748. The fourth-order valence-electron chi connectivity index (χ4n) is 8.02. The summed E-state index contributed by atoms with van der Waals surface area (Å²) in [6.07, 6.45) is 6.73. The summed E-state index contributed by atoms with van der Waals surface area (Å²) in [7, 11) is 0. The summed E-state index contributed by atoms with van der Waals surface area (Å²) < 4.78 is 0. The maximum absolute atomic E-state index is 14.7. The average Bonchev–Trinajstić information content (AvgIpc) is 3.84. The Morgan fingerprint density at radius 3 is 1.15 bits per heavy atom. The standard InChI is InChI=1S/C46H66N10O6/c1-27(2)21-37-43(59)54-38(22-28(3)4)44(60)55-40(24-30-26-50-34-16-8-6-14-32(30)34)46(62)56-39(23-29-25-49-33-15-7-5-13-31(29)33)45(61)52-35(17-9-11-19-47)41(57)51-36(42(58)53-37)18-10-12-20-48/h5-8,13-16,25-28,35-40,49-50H,9-12,17-24,47-48H2,1-4H3,(H,51,57)(H,52,61)(H,53,58)(H,54,59)(H,55,60)(H,56,62)/t35-,36-,37-,38-,39-,40-/m0/s1. The lowest BCUT2D eigenvalue weighted by Crippen LogP contribution is -2.62. The summed E-state index contributed by atoms with van der Waals surface area (Å²) in [5.41, 5.74) is 14.8. The van der Waals surface area contributed by atoms with Crippen molar-refractivity contribution in [3.05, 3.63) is 72.1 Å². The van der Waals surface area contributed by atoms with Crippen LogP contribution in [0.3, 0.4) is 0 Å². The van der Waals surface area contributed by atoms with Crippen molar-refractivity contribution in [3.8, 4) is 0 Å². The summed E-state index contributed by atoms with van der Waals surface area (Å²) >= 11 is 0. The Morgan fingerprint density at radius 1 is 0.452 bits per heavy atom. The largest absolute Gasteiger partial charge is 0.361 e. The Hall–Kier alpha value is -5.74. The van der Waals surface area contributed by atoms with Crippen LogP contribution in [0.1, 0.15) is 90.2 Å². The van der Waals surface area contributed by atoms with Crippen LogP contribution in [0.2, 0.25) is 0 Å². The molecule has 62 heavy (non-hydrogen) atoms. The van der Waals surface area contributed by atoms with E-state index in [2.05, 4.69) is 41.9 Å². The van der Waals surface area contributed by atoms with Crippen LogP contribution < -0.4 is 43.4 Å². The van der Waals surface area contributed by atoms with Gasteiger partial charge in [0.1, 0.15) is 36.3 Å². The van der Waals surface area contributed by atoms with Crippen molar-refractivity contribution >= 4 is 57.2 Å². The van der Waals surface area contributed by atoms with E-state index in [4.69, 9.17) is 11.5 Å². The lowest BCUT2D eigenvalue weighted by atomic mass is 9.98. The van der Waals surface area contributed by atoms with Crippen molar-refractivity contribution in [2.75, 3.05) is 13.1 Å². The highest BCUT2D eigenvalue weighted by atomic mass is 16.2. The number of nitrogens with one attached hydrogen (secondary N) is 8. The molecule has 1 aliphatic heterocycles. The number of fused-ring (bicyclic) bond motifs is 2. The number of H-pyrrole nitrogens is 2. The second-order valence-corrected chi connectivity index (χ2v) is 17.3. The van der Waals surface area contributed by atoms with Gasteiger partial charge in [-0.3, -0.25) is 28.8 Å². The molecule has 6 atom stereocenters. The van der Waals surface area contributed by atoms with E-state index in [1.165, 1.54) is 0 Å². The van der Waals surface area contributed by atoms with Crippen LogP contribution in [0, 0.1) is 11.8 Å². The number of aromatic nitrogens is 2. The fraction of sp³-hybridized carbons (Fsp3) is 0.522. The zero-order valence-corrected chi connectivity index (χ0v) is 36.5. The Bertz CT molecular complexity index is 2150. The number of rotatable bonds is 16. The van der Waals surface area contributed by atoms with Gasteiger partial charge in [0.15, 0.2) is 0 Å². The molecule has 2 aromatic heterocycles. The van der Waals surface area contributed by atoms with E-state index in [0.717, 1.165) is 32.9 Å². The van der Waals surface area contributed by atoms with E-state index < -0.39 is 71.7 Å². The number of hydrogen-bond acceptors (Lipinski definition) is 8. The molecule has 336 valence electrons. The topological polar surface area (TPSA) is 258 Å². The molecule has 3 heterocycles. The van der Waals surface area contributed by atoms with Crippen molar-refractivity contribution < 1.29 is 28.8 Å². The van der Waals surface area contributed by atoms with E-state index >= 15 is 0 Å². The summed E-state index contributed by atoms with van der Waals surface area (Å²) in [6.45, 7) is 8.41. The molecule has 2 aromatic carbocycles. The highest BCUT2D eigenvalue weighted by molar-refractivity contribution is 5.99. The molecule has 0 bridgehead atoms. The number of amides is 6. The van der Waals surface area contributed by atoms with Crippen LogP contribution in [0.15, 0.2) is 60.9 Å². The van der Waals surface area contributed by atoms with Crippen molar-refractivity contribution in [2.24, 2.45) is 23.3 Å². The van der Waals surface area contributed by atoms with Crippen LogP contribution in [0.25, 0.3) is 21.8 Å². The lowest BCUT2D eigenvalue weighted by molar-refractivity contribution is -0.137. The predicted octanol–water partition coefficient (Wildman–Crippen LogP) is 2.71. The van der Waals surface area contributed by atoms with Gasteiger partial charge in [0.05, 0.1) is 0 Å². The second-order valence-electron chi connectivity index (χ2n) is 17.3. The maximum atomic E-state index is 14.7. The van der Waals surface area contributed by atoms with Crippen molar-refractivity contribution in [2.45, 2.75) is 128 Å². The van der Waals surface area contributed by atoms with Gasteiger partial charge in [-0.2, -0.15) is 0 Å². The van der Waals surface area contributed by atoms with Gasteiger partial charge in [-0.1, -0.05) is 64.1 Å². The Labute approximate surface area is 363 Å². The minimum absolute atomic E-state index is 0.0323. The molecular formula is C46H66N10O6. The molecule has 5 rings (SSSR count). The zero-order chi connectivity index (χ0) is 44.8. The molecule has 0 radical (unpaired) electrons. The maximum Gasteiger partial charge on any atom is 0.243 e. The first kappa shape index (κ1) is 47.3. The predicted molar refractivity (Wildman–Crippen MR) is 240 cm³/mol. The number of nitrogens with two attached hydrogens (primary N) is 2. The number of hydrogen-bond donors (Lipinski definition) is 10. The highest BCUT2D eigenvalue weighted by Crippen LogP contribution is 2.22. The molecule has 0 unspecified atom stereocenters. The molecule has 6 amide bonds. The fourth-order valence-corrected chi connectivity index (χ4v) is 8.02. The summed E-state index contributed by atoms with van der Waals surface area (Å²) in [6, 6.07) is 8.48. The number of carbonyl (C=O) groups excluding carboxylic acids is 6. The van der Waals surface area contributed by atoms with Crippen molar-refractivity contribution in [1.29, 1.82) is 0 Å². The number of unbranched alkanes of at least 4 members (excludes halogenated alkanes) is 2. The number of para-hydroxylation sites is 2. The monoisotopic (exact) mass is 855 g/mol. The van der Waals surface area contributed by atoms with E-state index in [-0.39, 0.29) is 50.4 Å². The minimum Gasteiger partial charge on any atom is -0.361 e.